The number of aryl methyl sites for hydroxylation is 1. The topological polar surface area (TPSA) is 58.1 Å². The monoisotopic (exact) mass is 260 g/mol. The second-order valence-electron chi connectivity index (χ2n) is 4.89. The summed E-state index contributed by atoms with van der Waals surface area (Å²) in [6.07, 6.45) is 3.85. The van der Waals surface area contributed by atoms with E-state index < -0.39 is 0 Å². The molecule has 1 fully saturated rings. The van der Waals surface area contributed by atoms with Crippen molar-refractivity contribution >= 4 is 5.91 Å². The van der Waals surface area contributed by atoms with E-state index in [1.54, 1.807) is 12.1 Å². The van der Waals surface area contributed by atoms with Crippen LogP contribution >= 0.6 is 0 Å². The average Bonchev–Trinajstić information content (AvgIpc) is 2.81. The zero-order valence-corrected chi connectivity index (χ0v) is 11.5. The van der Waals surface area contributed by atoms with Gasteiger partial charge in [0.2, 0.25) is 0 Å². The second kappa shape index (κ2) is 5.93. The average molecular weight is 260 g/mol. The fraction of sp³-hybridized carbons (Fsp3) is 0.500. The van der Waals surface area contributed by atoms with E-state index in [-0.39, 0.29) is 11.9 Å². The molecule has 0 radical (unpaired) electrons. The van der Waals surface area contributed by atoms with Gasteiger partial charge in [-0.2, -0.15) is 0 Å². The maximum Gasteiger partial charge on any atom is 0.270 e. The molecule has 1 atom stereocenters. The van der Waals surface area contributed by atoms with Crippen LogP contribution in [0.3, 0.4) is 0 Å². The molecule has 1 amide bonds. The Labute approximate surface area is 113 Å². The molecule has 0 saturated carbocycles. The van der Waals surface area contributed by atoms with Gasteiger partial charge in [-0.25, -0.2) is 9.97 Å². The summed E-state index contributed by atoms with van der Waals surface area (Å²) in [6, 6.07) is 1.95. The van der Waals surface area contributed by atoms with Crippen LogP contribution in [0.15, 0.2) is 18.7 Å². The molecule has 5 heteroatoms. The highest BCUT2D eigenvalue weighted by atomic mass is 16.1. The van der Waals surface area contributed by atoms with Crippen molar-refractivity contribution in [3.05, 3.63) is 35.9 Å². The fourth-order valence-corrected chi connectivity index (χ4v) is 2.35. The molecule has 0 aliphatic carbocycles. The zero-order chi connectivity index (χ0) is 13.8. The maximum absolute atomic E-state index is 11.9. The molecule has 0 unspecified atom stereocenters. The van der Waals surface area contributed by atoms with Crippen LogP contribution in [0, 0.1) is 6.92 Å². The van der Waals surface area contributed by atoms with Gasteiger partial charge in [-0.05, 0) is 39.4 Å². The lowest BCUT2D eigenvalue weighted by Gasteiger charge is -2.18. The van der Waals surface area contributed by atoms with E-state index in [1.807, 2.05) is 6.92 Å². The number of amides is 1. The molecule has 0 spiro atoms. The van der Waals surface area contributed by atoms with E-state index in [2.05, 4.69) is 33.8 Å². The van der Waals surface area contributed by atoms with E-state index in [0.29, 0.717) is 12.2 Å². The highest BCUT2D eigenvalue weighted by Gasteiger charge is 2.26. The summed E-state index contributed by atoms with van der Waals surface area (Å²) in [4.78, 5) is 23.1. The molecule has 2 rings (SSSR count). The van der Waals surface area contributed by atoms with Crippen molar-refractivity contribution in [3.63, 3.8) is 0 Å². The molecule has 1 aromatic heterocycles. The van der Waals surface area contributed by atoms with Gasteiger partial charge in [0.15, 0.2) is 0 Å². The molecule has 1 N–H and O–H groups in total. The van der Waals surface area contributed by atoms with E-state index in [0.717, 1.165) is 30.9 Å². The Hall–Kier alpha value is -1.75. The third kappa shape index (κ3) is 3.17. The minimum Gasteiger partial charge on any atom is -0.347 e. The number of rotatable bonds is 4. The summed E-state index contributed by atoms with van der Waals surface area (Å²) >= 11 is 0. The van der Waals surface area contributed by atoms with Crippen LogP contribution < -0.4 is 5.32 Å². The number of nitrogens with zero attached hydrogens (tertiary/aromatic N) is 3. The molecular formula is C14H20N4O. The summed E-state index contributed by atoms with van der Waals surface area (Å²) in [5, 5.41) is 2.74. The van der Waals surface area contributed by atoms with Gasteiger partial charge in [0.1, 0.15) is 11.5 Å². The molecule has 2 heterocycles. The fourth-order valence-electron chi connectivity index (χ4n) is 2.35. The normalized spacial score (nSPS) is 19.4. The first-order valence-electron chi connectivity index (χ1n) is 6.56. The summed E-state index contributed by atoms with van der Waals surface area (Å²) < 4.78 is 0. The highest BCUT2D eigenvalue weighted by molar-refractivity contribution is 5.92. The Morgan fingerprint density at radius 1 is 1.63 bits per heavy atom. The SMILES string of the molecule is C=CCNC(=O)c1cc(C)nc([C@H]2CCCN2C)n1. The molecule has 1 aliphatic rings. The van der Waals surface area contributed by atoms with Crippen molar-refractivity contribution in [2.75, 3.05) is 20.1 Å². The van der Waals surface area contributed by atoms with Crippen LogP contribution in [0.25, 0.3) is 0 Å². The largest absolute Gasteiger partial charge is 0.347 e. The van der Waals surface area contributed by atoms with E-state index in [1.165, 1.54) is 0 Å². The van der Waals surface area contributed by atoms with Crippen molar-refractivity contribution in [1.82, 2.24) is 20.2 Å². The minimum absolute atomic E-state index is 0.174. The molecule has 102 valence electrons. The Morgan fingerprint density at radius 3 is 3.05 bits per heavy atom. The minimum atomic E-state index is -0.174. The number of nitrogens with one attached hydrogen (secondary N) is 1. The number of carbonyl (C=O) groups excluding carboxylic acids is 1. The predicted octanol–water partition coefficient (Wildman–Crippen LogP) is 1.47. The first-order chi connectivity index (χ1) is 9.11. The first kappa shape index (κ1) is 13.7. The van der Waals surface area contributed by atoms with E-state index in [4.69, 9.17) is 0 Å². The summed E-state index contributed by atoms with van der Waals surface area (Å²) in [5.41, 5.74) is 1.26. The third-order valence-electron chi connectivity index (χ3n) is 3.33. The molecular weight excluding hydrogens is 240 g/mol. The standard InChI is InChI=1S/C14H20N4O/c1-4-7-15-14(19)11-9-10(2)16-13(17-11)12-6-5-8-18(12)3/h4,9,12H,1,5-8H2,2-3H3,(H,15,19)/t12-/m1/s1. The van der Waals surface area contributed by atoms with Crippen molar-refractivity contribution in [2.45, 2.75) is 25.8 Å². The van der Waals surface area contributed by atoms with Crippen LogP contribution in [0.2, 0.25) is 0 Å². The number of hydrogen-bond acceptors (Lipinski definition) is 4. The van der Waals surface area contributed by atoms with Gasteiger partial charge in [0, 0.05) is 12.2 Å². The number of carbonyl (C=O) groups is 1. The lowest BCUT2D eigenvalue weighted by atomic mass is 10.2. The van der Waals surface area contributed by atoms with Crippen LogP contribution in [0.4, 0.5) is 0 Å². The van der Waals surface area contributed by atoms with Gasteiger partial charge >= 0.3 is 0 Å². The summed E-state index contributed by atoms with van der Waals surface area (Å²) in [6.45, 7) is 6.97. The molecule has 5 nitrogen and oxygen atoms in total. The van der Waals surface area contributed by atoms with Crippen LogP contribution in [0.1, 0.15) is 40.9 Å². The quantitative estimate of drug-likeness (QED) is 0.833. The van der Waals surface area contributed by atoms with Crippen LogP contribution in [0.5, 0.6) is 0 Å². The predicted molar refractivity (Wildman–Crippen MR) is 73.9 cm³/mol. The van der Waals surface area contributed by atoms with Crippen molar-refractivity contribution in [2.24, 2.45) is 0 Å². The maximum atomic E-state index is 11.9. The van der Waals surface area contributed by atoms with Crippen molar-refractivity contribution in [3.8, 4) is 0 Å². The summed E-state index contributed by atoms with van der Waals surface area (Å²) in [7, 11) is 2.07. The van der Waals surface area contributed by atoms with E-state index >= 15 is 0 Å². The van der Waals surface area contributed by atoms with E-state index in [9.17, 15) is 4.79 Å². The number of likely N-dealkylation sites (tertiary alicyclic amines) is 1. The van der Waals surface area contributed by atoms with Gasteiger partial charge in [-0.1, -0.05) is 6.08 Å². The van der Waals surface area contributed by atoms with Crippen LogP contribution in [-0.2, 0) is 0 Å². The van der Waals surface area contributed by atoms with Gasteiger partial charge in [-0.3, -0.25) is 9.69 Å². The number of aromatic nitrogens is 2. The molecule has 0 bridgehead atoms. The zero-order valence-electron chi connectivity index (χ0n) is 11.5. The van der Waals surface area contributed by atoms with Crippen molar-refractivity contribution in [1.29, 1.82) is 0 Å². The summed E-state index contributed by atoms with van der Waals surface area (Å²) in [5.74, 6) is 0.580. The van der Waals surface area contributed by atoms with Gasteiger partial charge in [-0.15, -0.1) is 6.58 Å². The Balaban J connectivity index is 2.24. The molecule has 19 heavy (non-hydrogen) atoms. The van der Waals surface area contributed by atoms with Gasteiger partial charge in [0.05, 0.1) is 6.04 Å². The number of hydrogen-bond donors (Lipinski definition) is 1. The Morgan fingerprint density at radius 2 is 2.42 bits per heavy atom. The molecule has 1 saturated heterocycles. The Bertz CT molecular complexity index is 486. The Kier molecular flexibility index (Phi) is 4.27. The molecule has 0 aromatic carbocycles. The second-order valence-corrected chi connectivity index (χ2v) is 4.89. The lowest BCUT2D eigenvalue weighted by molar-refractivity contribution is 0.0952. The third-order valence-corrected chi connectivity index (χ3v) is 3.33. The molecule has 1 aliphatic heterocycles. The van der Waals surface area contributed by atoms with Crippen molar-refractivity contribution < 1.29 is 4.79 Å². The smallest absolute Gasteiger partial charge is 0.270 e. The van der Waals surface area contributed by atoms with Gasteiger partial charge in [0.25, 0.3) is 5.91 Å². The first-order valence-corrected chi connectivity index (χ1v) is 6.56. The van der Waals surface area contributed by atoms with Crippen LogP contribution in [-0.4, -0.2) is 40.9 Å². The molecule has 1 aromatic rings. The lowest BCUT2D eigenvalue weighted by Crippen LogP contribution is -2.26. The van der Waals surface area contributed by atoms with Gasteiger partial charge < -0.3 is 5.32 Å². The highest BCUT2D eigenvalue weighted by Crippen LogP contribution is 2.28.